The van der Waals surface area contributed by atoms with Crippen LogP contribution in [-0.4, -0.2) is 21.0 Å². The molecule has 0 bridgehead atoms. The Bertz CT molecular complexity index is 1190. The zero-order valence-electron chi connectivity index (χ0n) is 19.6. The van der Waals surface area contributed by atoms with Crippen LogP contribution in [0.15, 0.2) is 91.4 Å². The van der Waals surface area contributed by atoms with Crippen LogP contribution in [0.25, 0.3) is 0 Å². The van der Waals surface area contributed by atoms with Gasteiger partial charge in [0, 0.05) is 25.8 Å². The van der Waals surface area contributed by atoms with Crippen LogP contribution in [0.3, 0.4) is 0 Å². The lowest BCUT2D eigenvalue weighted by atomic mass is 10.1. The predicted octanol–water partition coefficient (Wildman–Crippen LogP) is 6.40. The molecule has 0 saturated carbocycles. The summed E-state index contributed by atoms with van der Waals surface area (Å²) in [5.41, 5.74) is 4.28. The molecule has 0 fully saturated rings. The molecular formula is C29H30N4O. The van der Waals surface area contributed by atoms with Crippen LogP contribution in [0.5, 0.6) is 11.5 Å². The summed E-state index contributed by atoms with van der Waals surface area (Å²) in [7, 11) is 0. The molecule has 5 heteroatoms. The third kappa shape index (κ3) is 6.57. The molecule has 34 heavy (non-hydrogen) atoms. The van der Waals surface area contributed by atoms with Gasteiger partial charge in [-0.25, -0.2) is 4.98 Å². The average molecular weight is 451 g/mol. The zero-order valence-corrected chi connectivity index (χ0v) is 19.6. The summed E-state index contributed by atoms with van der Waals surface area (Å²) >= 11 is 0. The Hall–Kier alpha value is -3.88. The Balaban J connectivity index is 1.41. The van der Waals surface area contributed by atoms with Crippen molar-refractivity contribution in [2.45, 2.75) is 39.4 Å². The van der Waals surface area contributed by atoms with Gasteiger partial charge in [0.1, 0.15) is 11.5 Å². The summed E-state index contributed by atoms with van der Waals surface area (Å²) < 4.78 is 8.12. The van der Waals surface area contributed by atoms with Gasteiger partial charge in [-0.15, -0.1) is 0 Å². The highest BCUT2D eigenvalue weighted by Gasteiger charge is 2.11. The highest BCUT2D eigenvalue weighted by atomic mass is 16.5. The smallest absolute Gasteiger partial charge is 0.127 e. The molecule has 0 amide bonds. The molecule has 0 aliphatic rings. The van der Waals surface area contributed by atoms with Gasteiger partial charge in [-0.05, 0) is 60.5 Å². The lowest BCUT2D eigenvalue weighted by molar-refractivity contribution is 0.246. The van der Waals surface area contributed by atoms with Gasteiger partial charge < -0.3 is 9.30 Å². The number of nitriles is 1. The van der Waals surface area contributed by atoms with Gasteiger partial charge in [0.05, 0.1) is 23.7 Å². The van der Waals surface area contributed by atoms with Gasteiger partial charge in [-0.1, -0.05) is 55.8 Å². The number of benzene rings is 3. The normalized spacial score (nSPS) is 10.9. The first-order valence-electron chi connectivity index (χ1n) is 11.8. The van der Waals surface area contributed by atoms with E-state index in [0.29, 0.717) is 5.56 Å². The Morgan fingerprint density at radius 1 is 0.882 bits per heavy atom. The third-order valence-corrected chi connectivity index (χ3v) is 5.76. The molecule has 0 saturated heterocycles. The topological polar surface area (TPSA) is 54.1 Å². The second kappa shape index (κ2) is 11.8. The summed E-state index contributed by atoms with van der Waals surface area (Å²) in [6, 6.07) is 28.1. The highest BCUT2D eigenvalue weighted by molar-refractivity contribution is 5.33. The van der Waals surface area contributed by atoms with E-state index >= 15 is 0 Å². The maximum absolute atomic E-state index is 9.02. The van der Waals surface area contributed by atoms with Crippen molar-refractivity contribution in [3.05, 3.63) is 114 Å². The monoisotopic (exact) mass is 450 g/mol. The predicted molar refractivity (Wildman–Crippen MR) is 134 cm³/mol. The molecule has 1 heterocycles. The fraction of sp³-hybridized carbons (Fsp3) is 0.241. The molecule has 0 aliphatic heterocycles. The number of imidazole rings is 1. The van der Waals surface area contributed by atoms with Crippen molar-refractivity contribution in [3.63, 3.8) is 0 Å². The number of aromatic nitrogens is 2. The molecule has 0 aliphatic carbocycles. The molecule has 0 radical (unpaired) electrons. The second-order valence-electron chi connectivity index (χ2n) is 8.44. The third-order valence-electron chi connectivity index (χ3n) is 5.76. The van der Waals surface area contributed by atoms with Crippen LogP contribution in [0.4, 0.5) is 0 Å². The maximum Gasteiger partial charge on any atom is 0.127 e. The molecule has 172 valence electrons. The van der Waals surface area contributed by atoms with Crippen molar-refractivity contribution in [1.82, 2.24) is 14.5 Å². The van der Waals surface area contributed by atoms with Crippen molar-refractivity contribution in [2.24, 2.45) is 0 Å². The van der Waals surface area contributed by atoms with E-state index in [2.05, 4.69) is 39.6 Å². The summed E-state index contributed by atoms with van der Waals surface area (Å²) in [5.74, 6) is 1.69. The van der Waals surface area contributed by atoms with E-state index in [-0.39, 0.29) is 0 Å². The van der Waals surface area contributed by atoms with Crippen LogP contribution >= 0.6 is 0 Å². The summed E-state index contributed by atoms with van der Waals surface area (Å²) in [5, 5.41) is 9.02. The molecule has 0 N–H and O–H groups in total. The quantitative estimate of drug-likeness (QED) is 0.265. The van der Waals surface area contributed by atoms with Gasteiger partial charge in [0.2, 0.25) is 0 Å². The first kappa shape index (κ1) is 23.3. The maximum atomic E-state index is 9.02. The highest BCUT2D eigenvalue weighted by Crippen LogP contribution is 2.22. The van der Waals surface area contributed by atoms with E-state index in [9.17, 15) is 0 Å². The Labute approximate surface area is 201 Å². The molecule has 3 aromatic carbocycles. The van der Waals surface area contributed by atoms with E-state index < -0.39 is 0 Å². The Morgan fingerprint density at radius 2 is 1.59 bits per heavy atom. The summed E-state index contributed by atoms with van der Waals surface area (Å²) in [6.07, 6.45) is 6.16. The molecule has 5 nitrogen and oxygen atoms in total. The zero-order chi connectivity index (χ0) is 23.6. The summed E-state index contributed by atoms with van der Waals surface area (Å²) in [4.78, 5) is 6.89. The lowest BCUT2D eigenvalue weighted by Gasteiger charge is -2.23. The van der Waals surface area contributed by atoms with Gasteiger partial charge in [0.25, 0.3) is 0 Å². The van der Waals surface area contributed by atoms with Gasteiger partial charge in [-0.3, -0.25) is 4.90 Å². The van der Waals surface area contributed by atoms with Crippen LogP contribution in [-0.2, 0) is 19.6 Å². The number of para-hydroxylation sites is 1. The standard InChI is InChI=1S/C29H30N4O/c1-2-3-17-32(20-25-13-15-29(16-14-25)34-28-7-5-4-6-8-28)22-27-19-31-23-33(27)21-26-11-9-24(18-30)10-12-26/h4-16,19,23H,2-3,17,20-22H2,1H3. The average Bonchev–Trinajstić information content (AvgIpc) is 3.31. The number of nitrogens with zero attached hydrogens (tertiary/aromatic N) is 4. The van der Waals surface area contributed by atoms with Crippen molar-refractivity contribution in [3.8, 4) is 17.6 Å². The largest absolute Gasteiger partial charge is 0.457 e. The molecule has 1 aromatic heterocycles. The first-order chi connectivity index (χ1) is 16.7. The molecule has 4 aromatic rings. The summed E-state index contributed by atoms with van der Waals surface area (Å²) in [6.45, 7) is 5.70. The number of unbranched alkanes of at least 4 members (excludes halogenated alkanes) is 1. The lowest BCUT2D eigenvalue weighted by Crippen LogP contribution is -2.25. The second-order valence-corrected chi connectivity index (χ2v) is 8.44. The van der Waals surface area contributed by atoms with Crippen molar-refractivity contribution in [2.75, 3.05) is 6.54 Å². The molecule has 0 unspecified atom stereocenters. The number of rotatable bonds is 11. The van der Waals surface area contributed by atoms with E-state index in [1.54, 1.807) is 0 Å². The van der Waals surface area contributed by atoms with Crippen LogP contribution in [0.2, 0.25) is 0 Å². The van der Waals surface area contributed by atoms with Gasteiger partial charge in [0.15, 0.2) is 0 Å². The van der Waals surface area contributed by atoms with Crippen molar-refractivity contribution in [1.29, 1.82) is 5.26 Å². The van der Waals surface area contributed by atoms with Crippen LogP contribution in [0.1, 0.15) is 42.1 Å². The number of ether oxygens (including phenoxy) is 1. The van der Waals surface area contributed by atoms with E-state index in [4.69, 9.17) is 10.00 Å². The number of hydrogen-bond donors (Lipinski definition) is 0. The Kier molecular flexibility index (Phi) is 8.10. The molecule has 0 spiro atoms. The SMILES string of the molecule is CCCCN(Cc1ccc(Oc2ccccc2)cc1)Cc1cncn1Cc1ccc(C#N)cc1. The molecule has 0 atom stereocenters. The van der Waals surface area contributed by atoms with Gasteiger partial charge in [-0.2, -0.15) is 5.26 Å². The van der Waals surface area contributed by atoms with E-state index in [1.165, 1.54) is 11.3 Å². The molecule has 4 rings (SSSR count). The van der Waals surface area contributed by atoms with Crippen LogP contribution < -0.4 is 4.74 Å². The van der Waals surface area contributed by atoms with E-state index in [1.807, 2.05) is 79.3 Å². The van der Waals surface area contributed by atoms with Crippen LogP contribution in [0, 0.1) is 11.3 Å². The van der Waals surface area contributed by atoms with Crippen molar-refractivity contribution < 1.29 is 4.74 Å². The van der Waals surface area contributed by atoms with Crippen molar-refractivity contribution >= 4 is 0 Å². The minimum atomic E-state index is 0.681. The first-order valence-corrected chi connectivity index (χ1v) is 11.8. The minimum absolute atomic E-state index is 0.681. The minimum Gasteiger partial charge on any atom is -0.457 e. The Morgan fingerprint density at radius 3 is 2.29 bits per heavy atom. The van der Waals surface area contributed by atoms with Gasteiger partial charge >= 0.3 is 0 Å². The fourth-order valence-corrected chi connectivity index (χ4v) is 3.87. The number of hydrogen-bond acceptors (Lipinski definition) is 4. The molecular weight excluding hydrogens is 420 g/mol. The van der Waals surface area contributed by atoms with E-state index in [0.717, 1.165) is 56.1 Å². The fourth-order valence-electron chi connectivity index (χ4n) is 3.87.